The second-order valence-corrected chi connectivity index (χ2v) is 5.43. The van der Waals surface area contributed by atoms with E-state index in [0.717, 1.165) is 20.2 Å². The molecule has 20 heavy (non-hydrogen) atoms. The largest absolute Gasteiger partial charge is 0.202 e. The highest BCUT2D eigenvalue weighted by molar-refractivity contribution is 14.1. The van der Waals surface area contributed by atoms with Gasteiger partial charge in [-0.05, 0) is 58.5 Å². The zero-order valence-electron chi connectivity index (χ0n) is 10.4. The Balaban J connectivity index is 2.10. The predicted molar refractivity (Wildman–Crippen MR) is 86.5 cm³/mol. The first-order chi connectivity index (χ1) is 9.78. The van der Waals surface area contributed by atoms with Crippen LogP contribution in [0, 0.1) is 14.9 Å². The van der Waals surface area contributed by atoms with Crippen LogP contribution in [0.4, 0.5) is 0 Å². The minimum absolute atomic E-state index is 0.444. The first kappa shape index (κ1) is 12.8. The first-order valence-corrected chi connectivity index (χ1v) is 7.04. The molecule has 0 saturated heterocycles. The molecule has 1 heterocycles. The van der Waals surface area contributed by atoms with Crippen molar-refractivity contribution in [3.8, 4) is 6.07 Å². The lowest BCUT2D eigenvalue weighted by atomic mass is 10.2. The zero-order valence-corrected chi connectivity index (χ0v) is 12.5. The van der Waals surface area contributed by atoms with Crippen molar-refractivity contribution >= 4 is 45.4 Å². The first-order valence-electron chi connectivity index (χ1n) is 5.96. The number of aromatic nitrogens is 3. The second-order valence-electron chi connectivity index (χ2n) is 4.18. The molecule has 3 aromatic rings. The fraction of sp³-hybridized carbons (Fsp3) is 0. The van der Waals surface area contributed by atoms with Gasteiger partial charge >= 0.3 is 0 Å². The maximum absolute atomic E-state index is 9.36. The Morgan fingerprint density at radius 3 is 2.65 bits per heavy atom. The normalized spacial score (nSPS) is 11.5. The molecule has 0 unspecified atom stereocenters. The van der Waals surface area contributed by atoms with E-state index in [0.29, 0.717) is 5.70 Å². The highest BCUT2D eigenvalue weighted by Crippen LogP contribution is 2.17. The Hall–Kier alpha value is -2.20. The van der Waals surface area contributed by atoms with Crippen LogP contribution in [0.1, 0.15) is 5.56 Å². The summed E-state index contributed by atoms with van der Waals surface area (Å²) in [5.41, 5.74) is 3.00. The predicted octanol–water partition coefficient (Wildman–Crippen LogP) is 3.56. The number of para-hydroxylation sites is 1. The summed E-state index contributed by atoms with van der Waals surface area (Å²) in [6.07, 6.45) is 1.80. The van der Waals surface area contributed by atoms with Crippen LogP contribution in [0.25, 0.3) is 22.8 Å². The van der Waals surface area contributed by atoms with Gasteiger partial charge in [-0.2, -0.15) is 5.26 Å². The topological polar surface area (TPSA) is 54.5 Å². The lowest BCUT2D eigenvalue weighted by Gasteiger charge is -2.00. The van der Waals surface area contributed by atoms with Crippen LogP contribution in [-0.2, 0) is 0 Å². The monoisotopic (exact) mass is 372 g/mol. The molecule has 2 aromatic carbocycles. The third kappa shape index (κ3) is 2.42. The van der Waals surface area contributed by atoms with Crippen LogP contribution in [0.3, 0.4) is 0 Å². The van der Waals surface area contributed by atoms with E-state index < -0.39 is 0 Å². The molecule has 0 amide bonds. The Morgan fingerprint density at radius 1 is 1.15 bits per heavy atom. The van der Waals surface area contributed by atoms with E-state index >= 15 is 0 Å². The molecule has 1 aromatic heterocycles. The summed E-state index contributed by atoms with van der Waals surface area (Å²) in [6, 6.07) is 17.7. The van der Waals surface area contributed by atoms with Crippen LogP contribution in [0.2, 0.25) is 0 Å². The lowest BCUT2D eigenvalue weighted by molar-refractivity contribution is 0.848. The van der Waals surface area contributed by atoms with Gasteiger partial charge in [-0.25, -0.2) is 4.68 Å². The highest BCUT2D eigenvalue weighted by atomic mass is 127. The fourth-order valence-electron chi connectivity index (χ4n) is 1.90. The highest BCUT2D eigenvalue weighted by Gasteiger charge is 2.07. The van der Waals surface area contributed by atoms with Gasteiger partial charge in [-0.1, -0.05) is 29.5 Å². The van der Waals surface area contributed by atoms with Gasteiger partial charge in [-0.15, -0.1) is 5.10 Å². The van der Waals surface area contributed by atoms with E-state index in [9.17, 15) is 5.26 Å². The van der Waals surface area contributed by atoms with Crippen molar-refractivity contribution in [1.29, 1.82) is 5.26 Å². The summed E-state index contributed by atoms with van der Waals surface area (Å²) in [7, 11) is 0. The molecule has 0 saturated carbocycles. The van der Waals surface area contributed by atoms with Gasteiger partial charge in [0.2, 0.25) is 0 Å². The smallest absolute Gasteiger partial charge is 0.145 e. The molecule has 0 spiro atoms. The van der Waals surface area contributed by atoms with Crippen molar-refractivity contribution in [3.63, 3.8) is 0 Å². The van der Waals surface area contributed by atoms with E-state index in [1.54, 1.807) is 10.8 Å². The van der Waals surface area contributed by atoms with E-state index in [1.807, 2.05) is 48.5 Å². The van der Waals surface area contributed by atoms with Crippen molar-refractivity contribution in [2.45, 2.75) is 0 Å². The maximum atomic E-state index is 9.36. The molecule has 0 aliphatic carbocycles. The summed E-state index contributed by atoms with van der Waals surface area (Å²) in [5.74, 6) is 0. The molecule has 0 bridgehead atoms. The summed E-state index contributed by atoms with van der Waals surface area (Å²) >= 11 is 2.25. The van der Waals surface area contributed by atoms with E-state index in [2.05, 4.69) is 39.0 Å². The zero-order chi connectivity index (χ0) is 13.9. The number of hydrogen-bond acceptors (Lipinski definition) is 3. The van der Waals surface area contributed by atoms with Crippen LogP contribution < -0.4 is 0 Å². The molecule has 5 heteroatoms. The molecule has 0 aliphatic heterocycles. The van der Waals surface area contributed by atoms with Gasteiger partial charge in [0, 0.05) is 3.57 Å². The van der Waals surface area contributed by atoms with Gasteiger partial charge in [0.25, 0.3) is 0 Å². The number of benzene rings is 2. The van der Waals surface area contributed by atoms with Gasteiger partial charge in [0.05, 0.1) is 5.52 Å². The number of allylic oxidation sites excluding steroid dienone is 1. The van der Waals surface area contributed by atoms with Crippen LogP contribution in [0.15, 0.2) is 48.5 Å². The molecule has 0 aliphatic rings. The van der Waals surface area contributed by atoms with E-state index in [4.69, 9.17) is 0 Å². The molecular weight excluding hydrogens is 363 g/mol. The number of nitriles is 1. The number of nitrogens with zero attached hydrogens (tertiary/aromatic N) is 4. The SMILES string of the molecule is N#C/C(=C\c1ccc(I)cc1)n1nnc2ccccc21. The van der Waals surface area contributed by atoms with Crippen LogP contribution in [-0.4, -0.2) is 15.0 Å². The Bertz CT molecular complexity index is 825. The molecule has 0 atom stereocenters. The Kier molecular flexibility index (Phi) is 3.48. The Labute approximate surface area is 129 Å². The molecule has 4 nitrogen and oxygen atoms in total. The standard InChI is InChI=1S/C15H9IN4/c16-12-7-5-11(6-8-12)9-13(10-17)20-15-4-2-1-3-14(15)18-19-20/h1-9H/b13-9+. The van der Waals surface area contributed by atoms with Gasteiger partial charge in [-0.3, -0.25) is 0 Å². The molecule has 0 fully saturated rings. The summed E-state index contributed by atoms with van der Waals surface area (Å²) in [5, 5.41) is 17.5. The minimum Gasteiger partial charge on any atom is -0.202 e. The average molecular weight is 372 g/mol. The number of halogens is 1. The van der Waals surface area contributed by atoms with E-state index in [-0.39, 0.29) is 0 Å². The maximum Gasteiger partial charge on any atom is 0.145 e. The molecule has 3 rings (SSSR count). The van der Waals surface area contributed by atoms with Gasteiger partial charge < -0.3 is 0 Å². The third-order valence-electron chi connectivity index (χ3n) is 2.87. The number of hydrogen-bond donors (Lipinski definition) is 0. The van der Waals surface area contributed by atoms with Crippen molar-refractivity contribution < 1.29 is 0 Å². The van der Waals surface area contributed by atoms with Gasteiger partial charge in [0.1, 0.15) is 17.3 Å². The van der Waals surface area contributed by atoms with Crippen molar-refractivity contribution in [1.82, 2.24) is 15.0 Å². The minimum atomic E-state index is 0.444. The molecule has 0 radical (unpaired) electrons. The average Bonchev–Trinajstić information content (AvgIpc) is 2.91. The van der Waals surface area contributed by atoms with Gasteiger partial charge in [0.15, 0.2) is 0 Å². The van der Waals surface area contributed by atoms with E-state index in [1.165, 1.54) is 0 Å². The third-order valence-corrected chi connectivity index (χ3v) is 3.59. The van der Waals surface area contributed by atoms with Crippen LogP contribution >= 0.6 is 22.6 Å². The molecule has 96 valence electrons. The summed E-state index contributed by atoms with van der Waals surface area (Å²) in [6.45, 7) is 0. The summed E-state index contributed by atoms with van der Waals surface area (Å²) < 4.78 is 2.72. The number of fused-ring (bicyclic) bond motifs is 1. The van der Waals surface area contributed by atoms with Crippen molar-refractivity contribution in [2.24, 2.45) is 0 Å². The van der Waals surface area contributed by atoms with Crippen molar-refractivity contribution in [3.05, 3.63) is 57.7 Å². The molecule has 0 N–H and O–H groups in total. The summed E-state index contributed by atoms with van der Waals surface area (Å²) in [4.78, 5) is 0. The Morgan fingerprint density at radius 2 is 1.90 bits per heavy atom. The quantitative estimate of drug-likeness (QED) is 0.511. The van der Waals surface area contributed by atoms with Crippen LogP contribution in [0.5, 0.6) is 0 Å². The van der Waals surface area contributed by atoms with Crippen molar-refractivity contribution in [2.75, 3.05) is 0 Å². The number of rotatable bonds is 2. The lowest BCUT2D eigenvalue weighted by Crippen LogP contribution is -1.97. The fourth-order valence-corrected chi connectivity index (χ4v) is 2.26. The molecular formula is C15H9IN4. The second kappa shape index (κ2) is 5.43.